The molecule has 5 heteroatoms. The van der Waals surface area contributed by atoms with Crippen molar-refractivity contribution >= 4 is 19.7 Å². The average molecular weight is 127 g/mol. The predicted molar refractivity (Wildman–Crippen MR) is 31.0 cm³/mol. The standard InChI is InChI=1S/C4H6BNO3/c5-2(4(8)9)1-3(6)7/h2H,1H2,(H2,6,7)(H,8,9)/t2-/m0/s1. The maximum atomic E-state index is 9.99. The van der Waals surface area contributed by atoms with Gasteiger partial charge in [0.25, 0.3) is 5.97 Å². The van der Waals surface area contributed by atoms with Crippen LogP contribution in [0.15, 0.2) is 0 Å². The Hall–Kier alpha value is -0.995. The Kier molecular flexibility index (Phi) is 2.77. The van der Waals surface area contributed by atoms with Crippen LogP contribution in [0.3, 0.4) is 0 Å². The molecule has 0 heterocycles. The van der Waals surface area contributed by atoms with Crippen molar-refractivity contribution in [3.05, 3.63) is 0 Å². The summed E-state index contributed by atoms with van der Waals surface area (Å²) in [5.41, 5.74) is 4.65. The van der Waals surface area contributed by atoms with Crippen LogP contribution in [0.1, 0.15) is 6.42 Å². The maximum Gasteiger partial charge on any atom is 0.298 e. The van der Waals surface area contributed by atoms with Gasteiger partial charge < -0.3 is 10.8 Å². The average Bonchev–Trinajstić information content (AvgIpc) is 1.63. The number of carboxylic acid groups (broad SMARTS) is 1. The Morgan fingerprint density at radius 1 is 1.67 bits per heavy atom. The molecule has 0 aromatic rings. The topological polar surface area (TPSA) is 80.4 Å². The lowest BCUT2D eigenvalue weighted by Gasteiger charge is -1.99. The Morgan fingerprint density at radius 2 is 2.11 bits per heavy atom. The quantitative estimate of drug-likeness (QED) is 0.472. The van der Waals surface area contributed by atoms with Crippen LogP contribution in [0.2, 0.25) is 5.82 Å². The van der Waals surface area contributed by atoms with E-state index in [0.29, 0.717) is 0 Å². The molecule has 1 amide bonds. The number of carbonyl (C=O) groups excluding carboxylic acids is 1. The van der Waals surface area contributed by atoms with Crippen molar-refractivity contribution in [2.75, 3.05) is 0 Å². The molecule has 0 aliphatic rings. The number of carboxylic acids is 1. The number of carbonyl (C=O) groups is 2. The van der Waals surface area contributed by atoms with Crippen LogP contribution in [-0.4, -0.2) is 24.8 Å². The van der Waals surface area contributed by atoms with Gasteiger partial charge in [-0.1, -0.05) is 0 Å². The minimum absolute atomic E-state index is 0.310. The molecule has 0 fully saturated rings. The lowest BCUT2D eigenvalue weighted by Crippen LogP contribution is -2.18. The van der Waals surface area contributed by atoms with Crippen LogP contribution < -0.4 is 5.73 Å². The molecule has 0 rings (SSSR count). The number of rotatable bonds is 3. The van der Waals surface area contributed by atoms with Gasteiger partial charge in [0.2, 0.25) is 5.91 Å². The Labute approximate surface area is 53.4 Å². The zero-order valence-electron chi connectivity index (χ0n) is 4.70. The molecule has 0 spiro atoms. The second-order valence-corrected chi connectivity index (χ2v) is 1.62. The number of hydrogen-bond donors (Lipinski definition) is 2. The molecule has 48 valence electrons. The van der Waals surface area contributed by atoms with Gasteiger partial charge >= 0.3 is 0 Å². The third-order valence-electron chi connectivity index (χ3n) is 0.738. The van der Waals surface area contributed by atoms with E-state index < -0.39 is 17.7 Å². The monoisotopic (exact) mass is 127 g/mol. The molecule has 0 saturated heterocycles. The fraction of sp³-hybridized carbons (Fsp3) is 0.500. The highest BCUT2D eigenvalue weighted by atomic mass is 16.4. The normalized spacial score (nSPS) is 12.4. The van der Waals surface area contributed by atoms with Gasteiger partial charge in [0.05, 0.1) is 7.85 Å². The maximum absolute atomic E-state index is 9.99. The second-order valence-electron chi connectivity index (χ2n) is 1.62. The first kappa shape index (κ1) is 8.00. The van der Waals surface area contributed by atoms with Gasteiger partial charge in [-0.15, -0.1) is 0 Å². The summed E-state index contributed by atoms with van der Waals surface area (Å²) in [4.78, 5) is 19.9. The van der Waals surface area contributed by atoms with Crippen LogP contribution in [0.4, 0.5) is 0 Å². The highest BCUT2D eigenvalue weighted by molar-refractivity contribution is 6.23. The van der Waals surface area contributed by atoms with E-state index in [1.54, 1.807) is 0 Å². The van der Waals surface area contributed by atoms with E-state index in [1.807, 2.05) is 0 Å². The number of hydrogen-bond acceptors (Lipinski definition) is 2. The van der Waals surface area contributed by atoms with E-state index in [-0.39, 0.29) is 6.42 Å². The lowest BCUT2D eigenvalue weighted by atomic mass is 9.84. The Bertz CT molecular complexity index is 136. The molecule has 0 aliphatic heterocycles. The van der Waals surface area contributed by atoms with Crippen molar-refractivity contribution in [2.24, 2.45) is 5.73 Å². The zero-order chi connectivity index (χ0) is 7.44. The van der Waals surface area contributed by atoms with Crippen molar-refractivity contribution in [3.63, 3.8) is 0 Å². The van der Waals surface area contributed by atoms with Gasteiger partial charge in [-0.25, -0.2) is 0 Å². The van der Waals surface area contributed by atoms with Gasteiger partial charge in [-0.05, 0) is 0 Å². The third-order valence-corrected chi connectivity index (χ3v) is 0.738. The zero-order valence-corrected chi connectivity index (χ0v) is 4.70. The first-order chi connectivity index (χ1) is 4.04. The summed E-state index contributed by atoms with van der Waals surface area (Å²) >= 11 is 0. The summed E-state index contributed by atoms with van der Waals surface area (Å²) in [6.07, 6.45) is -0.310. The minimum Gasteiger partial charge on any atom is -0.482 e. The Morgan fingerprint density at radius 3 is 2.22 bits per heavy atom. The number of nitrogens with two attached hydrogens (primary N) is 1. The van der Waals surface area contributed by atoms with E-state index in [4.69, 9.17) is 13.0 Å². The SMILES string of the molecule is [B][C@@H](CC(N)=O)C(=O)O. The first-order valence-corrected chi connectivity index (χ1v) is 2.30. The molecule has 0 aromatic heterocycles. The highest BCUT2D eigenvalue weighted by Gasteiger charge is 2.12. The molecular formula is C4H6BNO3. The number of aliphatic carboxylic acids is 1. The summed E-state index contributed by atoms with van der Waals surface area (Å²) in [6, 6.07) is 0. The molecular weight excluding hydrogens is 121 g/mol. The molecule has 0 unspecified atom stereocenters. The minimum atomic E-state index is -1.21. The van der Waals surface area contributed by atoms with Crippen molar-refractivity contribution in [1.29, 1.82) is 0 Å². The molecule has 0 saturated carbocycles. The molecule has 0 bridgehead atoms. The largest absolute Gasteiger partial charge is 0.482 e. The van der Waals surface area contributed by atoms with Crippen LogP contribution in [0.5, 0.6) is 0 Å². The smallest absolute Gasteiger partial charge is 0.298 e. The second kappa shape index (κ2) is 3.12. The van der Waals surface area contributed by atoms with Crippen molar-refractivity contribution < 1.29 is 14.7 Å². The summed E-state index contributed by atoms with van der Waals surface area (Å²) in [7, 11) is 4.92. The highest BCUT2D eigenvalue weighted by Crippen LogP contribution is 2.02. The molecule has 4 nitrogen and oxygen atoms in total. The lowest BCUT2D eigenvalue weighted by molar-refractivity contribution is -0.138. The van der Waals surface area contributed by atoms with Crippen molar-refractivity contribution in [3.8, 4) is 0 Å². The van der Waals surface area contributed by atoms with Gasteiger partial charge in [0.15, 0.2) is 0 Å². The summed E-state index contributed by atoms with van der Waals surface area (Å²) in [5.74, 6) is -3.08. The van der Waals surface area contributed by atoms with E-state index in [0.717, 1.165) is 0 Å². The Balaban J connectivity index is 3.63. The predicted octanol–water partition coefficient (Wildman–Crippen LogP) is -1.10. The summed E-state index contributed by atoms with van der Waals surface area (Å²) < 4.78 is 0. The van der Waals surface area contributed by atoms with Crippen LogP contribution in [0.25, 0.3) is 0 Å². The summed E-state index contributed by atoms with van der Waals surface area (Å²) in [6.45, 7) is 0. The van der Waals surface area contributed by atoms with E-state index >= 15 is 0 Å². The molecule has 9 heavy (non-hydrogen) atoms. The fourth-order valence-corrected chi connectivity index (χ4v) is 0.304. The van der Waals surface area contributed by atoms with Crippen molar-refractivity contribution in [1.82, 2.24) is 0 Å². The molecule has 0 aliphatic carbocycles. The van der Waals surface area contributed by atoms with E-state index in [2.05, 4.69) is 5.73 Å². The molecule has 3 N–H and O–H groups in total. The summed E-state index contributed by atoms with van der Waals surface area (Å²) in [5, 5.41) is 8.10. The van der Waals surface area contributed by atoms with Crippen LogP contribution in [0, 0.1) is 0 Å². The van der Waals surface area contributed by atoms with Gasteiger partial charge in [-0.2, -0.15) is 0 Å². The molecule has 0 aromatic carbocycles. The van der Waals surface area contributed by atoms with E-state index in [9.17, 15) is 9.59 Å². The van der Waals surface area contributed by atoms with Crippen LogP contribution in [-0.2, 0) is 9.59 Å². The van der Waals surface area contributed by atoms with Crippen LogP contribution >= 0.6 is 0 Å². The molecule has 2 radical (unpaired) electrons. The third kappa shape index (κ3) is 3.58. The number of amides is 1. The van der Waals surface area contributed by atoms with Crippen molar-refractivity contribution in [2.45, 2.75) is 12.2 Å². The van der Waals surface area contributed by atoms with Gasteiger partial charge in [0.1, 0.15) is 0 Å². The molecule has 1 atom stereocenters. The fourth-order valence-electron chi connectivity index (χ4n) is 0.304. The van der Waals surface area contributed by atoms with Gasteiger partial charge in [0, 0.05) is 12.2 Å². The number of primary amides is 1. The first-order valence-electron chi connectivity index (χ1n) is 2.30. The van der Waals surface area contributed by atoms with Gasteiger partial charge in [-0.3, -0.25) is 9.59 Å². The van der Waals surface area contributed by atoms with E-state index in [1.165, 1.54) is 0 Å².